The highest BCUT2D eigenvalue weighted by atomic mass is 19.3. The molecule has 0 aliphatic carbocycles. The second-order valence-corrected chi connectivity index (χ2v) is 10.00. The molecule has 3 heterocycles. The number of nitrogens with one attached hydrogen (secondary N) is 1. The predicted molar refractivity (Wildman–Crippen MR) is 150 cm³/mol. The number of alkyl halides is 2. The lowest BCUT2D eigenvalue weighted by Gasteiger charge is -2.37. The molecule has 8 heteroatoms. The normalized spacial score (nSPS) is 17.9. The van der Waals surface area contributed by atoms with Crippen molar-refractivity contribution in [2.45, 2.75) is 31.5 Å². The van der Waals surface area contributed by atoms with Gasteiger partial charge in [0, 0.05) is 11.6 Å². The molecule has 0 bridgehead atoms. The Morgan fingerprint density at radius 3 is 2.30 bits per heavy atom. The zero-order valence-corrected chi connectivity index (χ0v) is 22.1. The molecule has 1 unspecified atom stereocenters. The Kier molecular flexibility index (Phi) is 7.51. The number of nitrogens with zero attached hydrogens (tertiary/aromatic N) is 2. The molecule has 0 amide bonds. The van der Waals surface area contributed by atoms with Crippen LogP contribution in [0, 0.1) is 0 Å². The van der Waals surface area contributed by atoms with Crippen molar-refractivity contribution in [2.24, 2.45) is 0 Å². The van der Waals surface area contributed by atoms with E-state index in [1.54, 1.807) is 6.07 Å². The molecule has 1 saturated heterocycles. The second-order valence-electron chi connectivity index (χ2n) is 10.00. The average Bonchev–Trinajstić information content (AvgIpc) is 2.99. The second kappa shape index (κ2) is 11.5. The predicted octanol–water partition coefficient (Wildman–Crippen LogP) is 6.48. The van der Waals surface area contributed by atoms with Crippen LogP contribution in [0.25, 0.3) is 0 Å². The number of ether oxygens (including phenoxy) is 3. The third-order valence-electron chi connectivity index (χ3n) is 7.29. The van der Waals surface area contributed by atoms with Crippen LogP contribution in [-0.2, 0) is 13.2 Å². The Morgan fingerprint density at radius 1 is 0.850 bits per heavy atom. The molecular weight excluding hydrogens is 512 g/mol. The van der Waals surface area contributed by atoms with Gasteiger partial charge in [0.2, 0.25) is 11.8 Å². The number of halogens is 2. The minimum absolute atomic E-state index is 0.321. The monoisotopic (exact) mass is 543 g/mol. The van der Waals surface area contributed by atoms with E-state index in [0.29, 0.717) is 62.4 Å². The van der Waals surface area contributed by atoms with Gasteiger partial charge in [-0.15, -0.1) is 0 Å². The standard InChI is InChI=1S/C32H31F2N3O3/c33-32(34)22-35-17-16-26(32)25-12-7-13-27-30(25)38-19-18-37(27)28-14-15-29(39-20-23-8-3-1-4-9-23)36-31(28)40-21-24-10-5-2-6-11-24/h1-15,26,35H,16-22H2. The number of anilines is 2. The third kappa shape index (κ3) is 5.58. The molecule has 1 N–H and O–H groups in total. The van der Waals surface area contributed by atoms with Crippen molar-refractivity contribution in [3.63, 3.8) is 0 Å². The van der Waals surface area contributed by atoms with Gasteiger partial charge in [-0.25, -0.2) is 8.78 Å². The van der Waals surface area contributed by atoms with E-state index in [9.17, 15) is 8.78 Å². The van der Waals surface area contributed by atoms with Crippen LogP contribution in [-0.4, -0.2) is 37.1 Å². The zero-order valence-electron chi connectivity index (χ0n) is 22.1. The maximum Gasteiger partial charge on any atom is 0.267 e. The van der Waals surface area contributed by atoms with Gasteiger partial charge < -0.3 is 24.4 Å². The first-order valence-corrected chi connectivity index (χ1v) is 13.5. The van der Waals surface area contributed by atoms with Gasteiger partial charge in [0.05, 0.1) is 24.7 Å². The van der Waals surface area contributed by atoms with Crippen LogP contribution in [0.3, 0.4) is 0 Å². The number of aromatic nitrogens is 1. The molecule has 6 nitrogen and oxygen atoms in total. The molecular formula is C32H31F2N3O3. The summed E-state index contributed by atoms with van der Waals surface area (Å²) in [6.07, 6.45) is 0.341. The van der Waals surface area contributed by atoms with Crippen molar-refractivity contribution < 1.29 is 23.0 Å². The van der Waals surface area contributed by atoms with Gasteiger partial charge in [0.1, 0.15) is 31.3 Å². The van der Waals surface area contributed by atoms with E-state index >= 15 is 0 Å². The number of piperidine rings is 1. The van der Waals surface area contributed by atoms with Crippen molar-refractivity contribution in [3.05, 3.63) is 108 Å². The van der Waals surface area contributed by atoms with E-state index in [0.717, 1.165) is 22.5 Å². The number of pyridine rings is 1. The van der Waals surface area contributed by atoms with Crippen molar-refractivity contribution in [1.29, 1.82) is 0 Å². The molecule has 0 saturated carbocycles. The van der Waals surface area contributed by atoms with Crippen LogP contribution in [0.4, 0.5) is 20.2 Å². The molecule has 6 rings (SSSR count). The van der Waals surface area contributed by atoms with Gasteiger partial charge in [-0.1, -0.05) is 72.8 Å². The Hall–Kier alpha value is -4.17. The maximum atomic E-state index is 14.9. The van der Waals surface area contributed by atoms with Crippen LogP contribution in [0.5, 0.6) is 17.5 Å². The Morgan fingerprint density at radius 2 is 1.57 bits per heavy atom. The van der Waals surface area contributed by atoms with Gasteiger partial charge in [-0.05, 0) is 36.2 Å². The SMILES string of the molecule is FC1(F)CNCCC1c1cccc2c1OCCN2c1ccc(OCc2ccccc2)nc1OCc1ccccc1. The van der Waals surface area contributed by atoms with Crippen LogP contribution >= 0.6 is 0 Å². The van der Waals surface area contributed by atoms with Crippen LogP contribution in [0.1, 0.15) is 29.0 Å². The van der Waals surface area contributed by atoms with Crippen molar-refractivity contribution in [3.8, 4) is 17.5 Å². The summed E-state index contributed by atoms with van der Waals surface area (Å²) in [4.78, 5) is 6.77. The van der Waals surface area contributed by atoms with Crippen molar-refractivity contribution in [2.75, 3.05) is 31.1 Å². The lowest BCUT2D eigenvalue weighted by molar-refractivity contribution is -0.0427. The Labute approximate surface area is 232 Å². The molecule has 2 aliphatic rings. The Bertz CT molecular complexity index is 1440. The van der Waals surface area contributed by atoms with E-state index in [-0.39, 0.29) is 6.54 Å². The van der Waals surface area contributed by atoms with Gasteiger partial charge in [0.25, 0.3) is 5.92 Å². The highest BCUT2D eigenvalue weighted by molar-refractivity contribution is 5.75. The molecule has 1 aromatic heterocycles. The fraction of sp³-hybridized carbons (Fsp3) is 0.281. The van der Waals surface area contributed by atoms with E-state index in [2.05, 4.69) is 5.32 Å². The van der Waals surface area contributed by atoms with Crippen molar-refractivity contribution in [1.82, 2.24) is 10.3 Å². The highest BCUT2D eigenvalue weighted by Crippen LogP contribution is 2.48. The number of hydrogen-bond acceptors (Lipinski definition) is 6. The quantitative estimate of drug-likeness (QED) is 0.275. The van der Waals surface area contributed by atoms with Gasteiger partial charge in [-0.2, -0.15) is 4.98 Å². The fourth-order valence-corrected chi connectivity index (χ4v) is 5.28. The van der Waals surface area contributed by atoms with Gasteiger partial charge >= 0.3 is 0 Å². The summed E-state index contributed by atoms with van der Waals surface area (Å²) >= 11 is 0. The molecule has 1 fully saturated rings. The first-order chi connectivity index (χ1) is 19.6. The van der Waals surface area contributed by atoms with Crippen LogP contribution in [0.15, 0.2) is 91.0 Å². The minimum Gasteiger partial charge on any atom is -0.489 e. The summed E-state index contributed by atoms with van der Waals surface area (Å²) in [5.74, 6) is -2.43. The molecule has 2 aliphatic heterocycles. The van der Waals surface area contributed by atoms with E-state index in [4.69, 9.17) is 19.2 Å². The lowest BCUT2D eigenvalue weighted by atomic mass is 9.86. The summed E-state index contributed by atoms with van der Waals surface area (Å²) in [6, 6.07) is 29.0. The smallest absolute Gasteiger partial charge is 0.267 e. The molecule has 4 aromatic rings. The number of hydrogen-bond donors (Lipinski definition) is 1. The molecule has 1 atom stereocenters. The maximum absolute atomic E-state index is 14.9. The molecule has 0 radical (unpaired) electrons. The minimum atomic E-state index is -2.86. The average molecular weight is 544 g/mol. The first-order valence-electron chi connectivity index (χ1n) is 13.5. The molecule has 40 heavy (non-hydrogen) atoms. The third-order valence-corrected chi connectivity index (χ3v) is 7.29. The largest absolute Gasteiger partial charge is 0.489 e. The number of para-hydroxylation sites is 1. The van der Waals surface area contributed by atoms with E-state index in [1.165, 1.54) is 0 Å². The number of fused-ring (bicyclic) bond motifs is 1. The summed E-state index contributed by atoms with van der Waals surface area (Å²) < 4.78 is 48.2. The summed E-state index contributed by atoms with van der Waals surface area (Å²) in [5, 5.41) is 2.81. The summed E-state index contributed by atoms with van der Waals surface area (Å²) in [7, 11) is 0. The molecule has 0 spiro atoms. The number of rotatable bonds is 8. The lowest BCUT2D eigenvalue weighted by Crippen LogP contribution is -2.45. The van der Waals surface area contributed by atoms with E-state index in [1.807, 2.05) is 89.8 Å². The molecule has 3 aromatic carbocycles. The fourth-order valence-electron chi connectivity index (χ4n) is 5.28. The zero-order chi connectivity index (χ0) is 27.4. The van der Waals surface area contributed by atoms with Gasteiger partial charge in [-0.3, -0.25) is 0 Å². The Balaban J connectivity index is 1.33. The molecule has 206 valence electrons. The highest BCUT2D eigenvalue weighted by Gasteiger charge is 2.44. The number of benzene rings is 3. The topological polar surface area (TPSA) is 55.9 Å². The van der Waals surface area contributed by atoms with Crippen LogP contribution < -0.4 is 24.4 Å². The van der Waals surface area contributed by atoms with Crippen molar-refractivity contribution >= 4 is 11.4 Å². The van der Waals surface area contributed by atoms with Crippen LogP contribution in [0.2, 0.25) is 0 Å². The van der Waals surface area contributed by atoms with Gasteiger partial charge in [0.15, 0.2) is 0 Å². The first kappa shape index (κ1) is 26.1. The van der Waals surface area contributed by atoms with E-state index < -0.39 is 11.8 Å². The summed E-state index contributed by atoms with van der Waals surface area (Å²) in [5.41, 5.74) is 4.02. The summed E-state index contributed by atoms with van der Waals surface area (Å²) in [6.45, 7) is 1.77.